The van der Waals surface area contributed by atoms with Crippen molar-refractivity contribution in [2.75, 3.05) is 6.54 Å². The molecular weight excluding hydrogens is 254 g/mol. The summed E-state index contributed by atoms with van der Waals surface area (Å²) in [7, 11) is 0. The molecule has 0 aromatic heterocycles. The van der Waals surface area contributed by atoms with E-state index in [1.165, 1.54) is 36.8 Å². The zero-order valence-electron chi connectivity index (χ0n) is 12.4. The quantitative estimate of drug-likeness (QED) is 0.806. The van der Waals surface area contributed by atoms with Crippen LogP contribution in [-0.4, -0.2) is 6.54 Å². The van der Waals surface area contributed by atoms with Crippen molar-refractivity contribution in [3.05, 3.63) is 34.3 Å². The van der Waals surface area contributed by atoms with E-state index in [0.717, 1.165) is 23.4 Å². The van der Waals surface area contributed by atoms with E-state index in [4.69, 9.17) is 11.6 Å². The number of hydrogen-bond acceptors (Lipinski definition) is 1. The van der Waals surface area contributed by atoms with Gasteiger partial charge in [-0.1, -0.05) is 44.4 Å². The standard InChI is InChI=1S/C17H26ClN/c1-4-19-17(14-7-5-12(2)6-8-14)15-9-13(3)10-16(18)11-15/h9-12,14,17,19H,4-8H2,1-3H3. The second-order valence-corrected chi connectivity index (χ2v) is 6.55. The molecule has 0 aliphatic heterocycles. The van der Waals surface area contributed by atoms with E-state index in [-0.39, 0.29) is 0 Å². The van der Waals surface area contributed by atoms with Crippen LogP contribution in [-0.2, 0) is 0 Å². The van der Waals surface area contributed by atoms with Gasteiger partial charge in [0.15, 0.2) is 0 Å². The second-order valence-electron chi connectivity index (χ2n) is 6.12. The lowest BCUT2D eigenvalue weighted by Crippen LogP contribution is -2.30. The average molecular weight is 280 g/mol. The summed E-state index contributed by atoms with van der Waals surface area (Å²) in [6.45, 7) is 7.71. The number of aryl methyl sites for hydroxylation is 1. The van der Waals surface area contributed by atoms with Crippen LogP contribution in [0.3, 0.4) is 0 Å². The van der Waals surface area contributed by atoms with Crippen LogP contribution >= 0.6 is 11.6 Å². The van der Waals surface area contributed by atoms with Gasteiger partial charge in [-0.15, -0.1) is 0 Å². The van der Waals surface area contributed by atoms with Crippen LogP contribution in [0.5, 0.6) is 0 Å². The maximum Gasteiger partial charge on any atom is 0.0411 e. The first-order valence-electron chi connectivity index (χ1n) is 7.60. The molecule has 1 aromatic rings. The number of nitrogens with one attached hydrogen (secondary N) is 1. The minimum atomic E-state index is 0.468. The van der Waals surface area contributed by atoms with Gasteiger partial charge in [-0.05, 0) is 61.4 Å². The molecule has 0 heterocycles. The van der Waals surface area contributed by atoms with Crippen LogP contribution in [0.2, 0.25) is 5.02 Å². The van der Waals surface area contributed by atoms with Gasteiger partial charge in [0.1, 0.15) is 0 Å². The van der Waals surface area contributed by atoms with Gasteiger partial charge in [0.05, 0.1) is 0 Å². The Balaban J connectivity index is 2.19. The molecule has 19 heavy (non-hydrogen) atoms. The molecule has 1 aliphatic rings. The van der Waals surface area contributed by atoms with E-state index in [9.17, 15) is 0 Å². The van der Waals surface area contributed by atoms with Gasteiger partial charge in [0.25, 0.3) is 0 Å². The van der Waals surface area contributed by atoms with E-state index < -0.39 is 0 Å². The van der Waals surface area contributed by atoms with E-state index >= 15 is 0 Å². The largest absolute Gasteiger partial charge is 0.310 e. The molecule has 1 saturated carbocycles. The third kappa shape index (κ3) is 3.97. The Hall–Kier alpha value is -0.530. The predicted molar refractivity (Wildman–Crippen MR) is 83.7 cm³/mol. The second kappa shape index (κ2) is 6.76. The van der Waals surface area contributed by atoms with Crippen molar-refractivity contribution in [1.82, 2.24) is 5.32 Å². The fourth-order valence-corrected chi connectivity index (χ4v) is 3.64. The molecule has 1 fully saturated rings. The predicted octanol–water partition coefficient (Wildman–Crippen LogP) is 5.13. The fourth-order valence-electron chi connectivity index (χ4n) is 3.34. The lowest BCUT2D eigenvalue weighted by atomic mass is 9.77. The Kier molecular flexibility index (Phi) is 5.29. The van der Waals surface area contributed by atoms with Crippen molar-refractivity contribution in [1.29, 1.82) is 0 Å². The Bertz CT molecular complexity index is 387. The number of halogens is 1. The maximum atomic E-state index is 6.23. The van der Waals surface area contributed by atoms with E-state index in [0.29, 0.717) is 6.04 Å². The summed E-state index contributed by atoms with van der Waals surface area (Å²) >= 11 is 6.23. The summed E-state index contributed by atoms with van der Waals surface area (Å²) in [5, 5.41) is 4.54. The molecule has 1 N–H and O–H groups in total. The molecule has 0 bridgehead atoms. The van der Waals surface area contributed by atoms with Crippen LogP contribution in [0, 0.1) is 18.8 Å². The van der Waals surface area contributed by atoms with Gasteiger partial charge in [-0.25, -0.2) is 0 Å². The molecule has 1 atom stereocenters. The van der Waals surface area contributed by atoms with Gasteiger partial charge in [-0.2, -0.15) is 0 Å². The number of benzene rings is 1. The number of hydrogen-bond donors (Lipinski definition) is 1. The SMILES string of the molecule is CCNC(c1cc(C)cc(Cl)c1)C1CCC(C)CC1. The van der Waals surface area contributed by atoms with Crippen LogP contribution < -0.4 is 5.32 Å². The first kappa shape index (κ1) is 14.9. The lowest BCUT2D eigenvalue weighted by molar-refractivity contribution is 0.233. The van der Waals surface area contributed by atoms with Crippen molar-refractivity contribution in [2.24, 2.45) is 11.8 Å². The van der Waals surface area contributed by atoms with E-state index in [2.05, 4.69) is 38.2 Å². The van der Waals surface area contributed by atoms with Gasteiger partial charge < -0.3 is 5.32 Å². The van der Waals surface area contributed by atoms with E-state index in [1.807, 2.05) is 6.07 Å². The molecule has 2 rings (SSSR count). The van der Waals surface area contributed by atoms with Gasteiger partial charge in [-0.3, -0.25) is 0 Å². The summed E-state index contributed by atoms with van der Waals surface area (Å²) < 4.78 is 0. The highest BCUT2D eigenvalue weighted by atomic mass is 35.5. The van der Waals surface area contributed by atoms with Crippen LogP contribution in [0.1, 0.15) is 56.7 Å². The molecule has 1 unspecified atom stereocenters. The number of rotatable bonds is 4. The Labute approximate surface area is 122 Å². The van der Waals surface area contributed by atoms with Crippen LogP contribution in [0.25, 0.3) is 0 Å². The first-order valence-corrected chi connectivity index (χ1v) is 7.98. The highest BCUT2D eigenvalue weighted by Gasteiger charge is 2.26. The normalized spacial score (nSPS) is 25.3. The third-order valence-electron chi connectivity index (χ3n) is 4.38. The Morgan fingerprint density at radius 3 is 2.47 bits per heavy atom. The molecule has 1 aromatic carbocycles. The highest BCUT2D eigenvalue weighted by molar-refractivity contribution is 6.30. The summed E-state index contributed by atoms with van der Waals surface area (Å²) in [5.41, 5.74) is 2.63. The monoisotopic (exact) mass is 279 g/mol. The zero-order chi connectivity index (χ0) is 13.8. The van der Waals surface area contributed by atoms with Crippen molar-refractivity contribution in [3.63, 3.8) is 0 Å². The Morgan fingerprint density at radius 2 is 1.89 bits per heavy atom. The van der Waals surface area contributed by atoms with Crippen molar-refractivity contribution < 1.29 is 0 Å². The highest BCUT2D eigenvalue weighted by Crippen LogP contribution is 2.37. The summed E-state index contributed by atoms with van der Waals surface area (Å²) in [6, 6.07) is 6.93. The summed E-state index contributed by atoms with van der Waals surface area (Å²) in [5.74, 6) is 1.66. The van der Waals surface area contributed by atoms with Crippen molar-refractivity contribution in [2.45, 2.75) is 52.5 Å². The maximum absolute atomic E-state index is 6.23. The van der Waals surface area contributed by atoms with Gasteiger partial charge >= 0.3 is 0 Å². The van der Waals surface area contributed by atoms with Crippen LogP contribution in [0.15, 0.2) is 18.2 Å². The minimum absolute atomic E-state index is 0.468. The average Bonchev–Trinajstić information content (AvgIpc) is 2.36. The zero-order valence-corrected chi connectivity index (χ0v) is 13.1. The van der Waals surface area contributed by atoms with Gasteiger partial charge in [0.2, 0.25) is 0 Å². The molecule has 1 nitrogen and oxygen atoms in total. The molecule has 0 spiro atoms. The molecule has 106 valence electrons. The lowest BCUT2D eigenvalue weighted by Gasteiger charge is -2.33. The molecule has 0 radical (unpaired) electrons. The summed E-state index contributed by atoms with van der Waals surface area (Å²) in [6.07, 6.45) is 5.41. The molecule has 2 heteroatoms. The molecular formula is C17H26ClN. The van der Waals surface area contributed by atoms with Crippen molar-refractivity contribution >= 4 is 11.6 Å². The van der Waals surface area contributed by atoms with E-state index in [1.54, 1.807) is 0 Å². The molecule has 0 amide bonds. The van der Waals surface area contributed by atoms with Crippen LogP contribution in [0.4, 0.5) is 0 Å². The minimum Gasteiger partial charge on any atom is -0.310 e. The first-order chi connectivity index (χ1) is 9.10. The van der Waals surface area contributed by atoms with Crippen molar-refractivity contribution in [3.8, 4) is 0 Å². The van der Waals surface area contributed by atoms with Gasteiger partial charge in [0, 0.05) is 11.1 Å². The fraction of sp³-hybridized carbons (Fsp3) is 0.647. The Morgan fingerprint density at radius 1 is 1.21 bits per heavy atom. The summed E-state index contributed by atoms with van der Waals surface area (Å²) in [4.78, 5) is 0. The molecule has 0 saturated heterocycles. The smallest absolute Gasteiger partial charge is 0.0411 e. The topological polar surface area (TPSA) is 12.0 Å². The third-order valence-corrected chi connectivity index (χ3v) is 4.60. The molecule has 1 aliphatic carbocycles.